The maximum atomic E-state index is 12.4. The van der Waals surface area contributed by atoms with E-state index in [0.717, 1.165) is 36.3 Å². The molecule has 0 radical (unpaired) electrons. The smallest absolute Gasteiger partial charge is 0.260 e. The number of halogens is 1. The summed E-state index contributed by atoms with van der Waals surface area (Å²) in [4.78, 5) is 12.4. The Hall–Kier alpha value is -1.26. The van der Waals surface area contributed by atoms with Gasteiger partial charge in [0.1, 0.15) is 5.75 Å². The Labute approximate surface area is 152 Å². The van der Waals surface area contributed by atoms with Crippen molar-refractivity contribution in [1.29, 1.82) is 0 Å². The first-order valence-electron chi connectivity index (χ1n) is 8.67. The van der Waals surface area contributed by atoms with E-state index >= 15 is 0 Å². The van der Waals surface area contributed by atoms with Crippen LogP contribution in [0.25, 0.3) is 0 Å². The van der Waals surface area contributed by atoms with Gasteiger partial charge >= 0.3 is 0 Å². The number of hydrogen-bond donors (Lipinski definition) is 2. The molecule has 1 aliphatic rings. The molecule has 0 aromatic heterocycles. The van der Waals surface area contributed by atoms with Gasteiger partial charge in [0.25, 0.3) is 5.91 Å². The summed E-state index contributed by atoms with van der Waals surface area (Å²) in [7, 11) is 0. The molecule has 1 aliphatic heterocycles. The lowest BCUT2D eigenvalue weighted by Crippen LogP contribution is -2.49. The zero-order valence-electron chi connectivity index (χ0n) is 15.4. The van der Waals surface area contributed by atoms with Crippen LogP contribution in [0, 0.1) is 6.92 Å². The molecule has 3 atom stereocenters. The van der Waals surface area contributed by atoms with E-state index in [1.807, 2.05) is 19.9 Å². The minimum absolute atomic E-state index is 0. The number of nitrogens with one attached hydrogen (secondary N) is 2. The number of carbonyl (C=O) groups is 1. The van der Waals surface area contributed by atoms with E-state index in [0.29, 0.717) is 12.0 Å². The van der Waals surface area contributed by atoms with Gasteiger partial charge in [-0.2, -0.15) is 0 Å². The highest BCUT2D eigenvalue weighted by molar-refractivity contribution is 5.85. The van der Waals surface area contributed by atoms with Gasteiger partial charge in [-0.3, -0.25) is 4.79 Å². The minimum Gasteiger partial charge on any atom is -0.481 e. The Morgan fingerprint density at radius 1 is 1.33 bits per heavy atom. The SMILES string of the molecule is Cc1ccc(C(C)C)c(OC(C)C(=O)NC2CCNC(C)C2)c1.Cl. The molecular weight excluding hydrogens is 324 g/mol. The van der Waals surface area contributed by atoms with Crippen molar-refractivity contribution in [2.75, 3.05) is 6.54 Å². The van der Waals surface area contributed by atoms with Gasteiger partial charge < -0.3 is 15.4 Å². The maximum Gasteiger partial charge on any atom is 0.260 e. The van der Waals surface area contributed by atoms with E-state index in [1.54, 1.807) is 0 Å². The molecule has 136 valence electrons. The van der Waals surface area contributed by atoms with Gasteiger partial charge in [0.05, 0.1) is 0 Å². The predicted octanol–water partition coefficient (Wildman–Crippen LogP) is 3.56. The highest BCUT2D eigenvalue weighted by atomic mass is 35.5. The van der Waals surface area contributed by atoms with Crippen LogP contribution in [0.3, 0.4) is 0 Å². The fraction of sp³-hybridized carbons (Fsp3) is 0.632. The summed E-state index contributed by atoms with van der Waals surface area (Å²) < 4.78 is 5.99. The first kappa shape index (κ1) is 20.8. The number of rotatable bonds is 5. The van der Waals surface area contributed by atoms with Gasteiger partial charge in [0.15, 0.2) is 6.10 Å². The first-order valence-corrected chi connectivity index (χ1v) is 8.67. The number of piperidine rings is 1. The fourth-order valence-electron chi connectivity index (χ4n) is 3.05. The lowest BCUT2D eigenvalue weighted by atomic mass is 10.00. The summed E-state index contributed by atoms with van der Waals surface area (Å²) in [5.41, 5.74) is 2.29. The third kappa shape index (κ3) is 5.67. The quantitative estimate of drug-likeness (QED) is 0.850. The summed E-state index contributed by atoms with van der Waals surface area (Å²) in [5.74, 6) is 1.16. The molecule has 24 heavy (non-hydrogen) atoms. The average molecular weight is 355 g/mol. The van der Waals surface area contributed by atoms with Crippen LogP contribution in [0.15, 0.2) is 18.2 Å². The molecule has 1 fully saturated rings. The van der Waals surface area contributed by atoms with Crippen LogP contribution in [0.5, 0.6) is 5.75 Å². The van der Waals surface area contributed by atoms with E-state index < -0.39 is 6.10 Å². The van der Waals surface area contributed by atoms with Crippen LogP contribution < -0.4 is 15.4 Å². The van der Waals surface area contributed by atoms with Crippen LogP contribution in [-0.4, -0.2) is 30.6 Å². The molecule has 4 nitrogen and oxygen atoms in total. The molecule has 5 heteroatoms. The van der Waals surface area contributed by atoms with Crippen molar-refractivity contribution in [3.63, 3.8) is 0 Å². The van der Waals surface area contributed by atoms with E-state index in [1.165, 1.54) is 0 Å². The van der Waals surface area contributed by atoms with E-state index in [9.17, 15) is 4.79 Å². The Kier molecular flexibility index (Phi) is 8.04. The van der Waals surface area contributed by atoms with Crippen molar-refractivity contribution in [3.05, 3.63) is 29.3 Å². The number of amides is 1. The topological polar surface area (TPSA) is 50.4 Å². The summed E-state index contributed by atoms with van der Waals surface area (Å²) in [6.07, 6.45) is 1.46. The Balaban J connectivity index is 0.00000288. The molecule has 3 unspecified atom stereocenters. The van der Waals surface area contributed by atoms with Crippen molar-refractivity contribution in [1.82, 2.24) is 10.6 Å². The molecule has 0 spiro atoms. The molecule has 0 bridgehead atoms. The third-order valence-electron chi connectivity index (χ3n) is 4.43. The average Bonchev–Trinajstić information content (AvgIpc) is 2.46. The zero-order chi connectivity index (χ0) is 17.0. The minimum atomic E-state index is -0.487. The van der Waals surface area contributed by atoms with E-state index in [2.05, 4.69) is 43.5 Å². The molecule has 0 saturated carbocycles. The van der Waals surface area contributed by atoms with Crippen LogP contribution >= 0.6 is 12.4 Å². The number of aryl methyl sites for hydroxylation is 1. The molecular formula is C19H31ClN2O2. The van der Waals surface area contributed by atoms with Gasteiger partial charge in [-0.1, -0.05) is 26.0 Å². The van der Waals surface area contributed by atoms with Gasteiger partial charge in [0, 0.05) is 12.1 Å². The first-order chi connectivity index (χ1) is 10.9. The summed E-state index contributed by atoms with van der Waals surface area (Å²) in [5, 5.41) is 6.53. The molecule has 1 aromatic rings. The fourth-order valence-corrected chi connectivity index (χ4v) is 3.05. The van der Waals surface area contributed by atoms with Gasteiger partial charge in [-0.05, 0) is 63.3 Å². The summed E-state index contributed by atoms with van der Waals surface area (Å²) in [6.45, 7) is 11.2. The van der Waals surface area contributed by atoms with Crippen molar-refractivity contribution < 1.29 is 9.53 Å². The van der Waals surface area contributed by atoms with E-state index in [4.69, 9.17) is 4.74 Å². The Bertz CT molecular complexity index is 548. The largest absolute Gasteiger partial charge is 0.481 e. The Morgan fingerprint density at radius 2 is 2.04 bits per heavy atom. The van der Waals surface area contributed by atoms with Crippen LogP contribution in [-0.2, 0) is 4.79 Å². The maximum absolute atomic E-state index is 12.4. The van der Waals surface area contributed by atoms with E-state index in [-0.39, 0.29) is 24.4 Å². The van der Waals surface area contributed by atoms with Crippen molar-refractivity contribution in [2.45, 2.75) is 71.6 Å². The predicted molar refractivity (Wildman–Crippen MR) is 101 cm³/mol. The second-order valence-electron chi connectivity index (χ2n) is 7.04. The summed E-state index contributed by atoms with van der Waals surface area (Å²) >= 11 is 0. The van der Waals surface area contributed by atoms with Gasteiger partial charge in [0.2, 0.25) is 0 Å². The normalized spacial score (nSPS) is 21.8. The molecule has 2 N–H and O–H groups in total. The van der Waals surface area contributed by atoms with Crippen molar-refractivity contribution in [3.8, 4) is 5.75 Å². The number of benzene rings is 1. The summed E-state index contributed by atoms with van der Waals surface area (Å²) in [6, 6.07) is 6.89. The number of ether oxygens (including phenoxy) is 1. The second-order valence-corrected chi connectivity index (χ2v) is 7.04. The highest BCUT2D eigenvalue weighted by Crippen LogP contribution is 2.28. The third-order valence-corrected chi connectivity index (χ3v) is 4.43. The molecule has 1 aromatic carbocycles. The van der Waals surface area contributed by atoms with Crippen LogP contribution in [0.2, 0.25) is 0 Å². The second kappa shape index (κ2) is 9.28. The molecule has 1 saturated heterocycles. The lowest BCUT2D eigenvalue weighted by Gasteiger charge is -2.29. The Morgan fingerprint density at radius 3 is 2.67 bits per heavy atom. The lowest BCUT2D eigenvalue weighted by molar-refractivity contribution is -0.128. The van der Waals surface area contributed by atoms with Gasteiger partial charge in [-0.25, -0.2) is 0 Å². The zero-order valence-corrected chi connectivity index (χ0v) is 16.2. The monoisotopic (exact) mass is 354 g/mol. The van der Waals surface area contributed by atoms with Crippen molar-refractivity contribution in [2.24, 2.45) is 0 Å². The number of hydrogen-bond acceptors (Lipinski definition) is 3. The number of carbonyl (C=O) groups excluding carboxylic acids is 1. The molecule has 0 aliphatic carbocycles. The van der Waals surface area contributed by atoms with Crippen LogP contribution in [0.1, 0.15) is 57.6 Å². The van der Waals surface area contributed by atoms with Crippen LogP contribution in [0.4, 0.5) is 0 Å². The molecule has 1 heterocycles. The highest BCUT2D eigenvalue weighted by Gasteiger charge is 2.24. The van der Waals surface area contributed by atoms with Gasteiger partial charge in [-0.15, -0.1) is 12.4 Å². The molecule has 1 amide bonds. The van der Waals surface area contributed by atoms with Crippen molar-refractivity contribution >= 4 is 18.3 Å². The standard InChI is InChI=1S/C19H30N2O2.ClH/c1-12(2)17-7-6-13(3)10-18(17)23-15(5)19(22)21-16-8-9-20-14(4)11-16;/h6-7,10,12,14-16,20H,8-9,11H2,1-5H3,(H,21,22);1H. The molecule has 2 rings (SSSR count).